The molecule has 0 bridgehead atoms. The molecule has 2 aliphatic heterocycles. The number of ether oxygens (including phenoxy) is 1. The fourth-order valence-electron chi connectivity index (χ4n) is 4.97. The molecular formula is C25H26F3N3O5S. The molecule has 5 rings (SSSR count). The van der Waals surface area contributed by atoms with Gasteiger partial charge < -0.3 is 9.64 Å². The van der Waals surface area contributed by atoms with Gasteiger partial charge in [0.25, 0.3) is 5.91 Å². The maximum absolute atomic E-state index is 13.5. The molecule has 0 N–H and O–H groups in total. The van der Waals surface area contributed by atoms with Crippen molar-refractivity contribution in [1.82, 2.24) is 9.21 Å². The predicted octanol–water partition coefficient (Wildman–Crippen LogP) is 4.12. The Hall–Kier alpha value is -3.12. The van der Waals surface area contributed by atoms with E-state index in [1.807, 2.05) is 0 Å². The number of hydrogen-bond donors (Lipinski definition) is 0. The maximum atomic E-state index is 13.5. The first kappa shape index (κ1) is 25.5. The number of sulfonamides is 1. The second kappa shape index (κ2) is 9.64. The van der Waals surface area contributed by atoms with E-state index in [0.29, 0.717) is 49.5 Å². The van der Waals surface area contributed by atoms with Crippen LogP contribution in [0.3, 0.4) is 0 Å². The SMILES string of the molecule is O=C(c1ccccc1N1CCOC1=O)N1CCC(N(C2CC2)S(=O)(=O)c2cccc(C(F)(F)F)c2)CC1. The summed E-state index contributed by atoms with van der Waals surface area (Å²) in [6.45, 7) is 1.15. The third-order valence-electron chi connectivity index (χ3n) is 6.94. The van der Waals surface area contributed by atoms with Crippen molar-refractivity contribution in [3.05, 3.63) is 59.7 Å². The highest BCUT2D eigenvalue weighted by atomic mass is 32.2. The van der Waals surface area contributed by atoms with E-state index >= 15 is 0 Å². The number of likely N-dealkylation sites (tertiary alicyclic amines) is 1. The third kappa shape index (κ3) is 5.04. The minimum absolute atomic E-state index is 0.240. The number of alkyl halides is 3. The van der Waals surface area contributed by atoms with Crippen LogP contribution in [0, 0.1) is 0 Å². The molecule has 0 spiro atoms. The summed E-state index contributed by atoms with van der Waals surface area (Å²) < 4.78 is 73.0. The lowest BCUT2D eigenvalue weighted by Gasteiger charge is -2.38. The van der Waals surface area contributed by atoms with Crippen LogP contribution in [0.2, 0.25) is 0 Å². The molecule has 2 aromatic carbocycles. The van der Waals surface area contributed by atoms with E-state index in [4.69, 9.17) is 4.74 Å². The van der Waals surface area contributed by atoms with Gasteiger partial charge in [0.05, 0.1) is 28.3 Å². The lowest BCUT2D eigenvalue weighted by molar-refractivity contribution is -0.137. The van der Waals surface area contributed by atoms with Crippen molar-refractivity contribution in [2.45, 2.75) is 48.8 Å². The number of halogens is 3. The zero-order valence-electron chi connectivity index (χ0n) is 19.9. The van der Waals surface area contributed by atoms with E-state index < -0.39 is 33.9 Å². The lowest BCUT2D eigenvalue weighted by Crippen LogP contribution is -2.49. The quantitative estimate of drug-likeness (QED) is 0.554. The highest BCUT2D eigenvalue weighted by Gasteiger charge is 2.44. The molecule has 0 atom stereocenters. The number of carbonyl (C=O) groups excluding carboxylic acids is 2. The fraction of sp³-hybridized carbons (Fsp3) is 0.440. The summed E-state index contributed by atoms with van der Waals surface area (Å²) in [5, 5.41) is 0. The average molecular weight is 538 g/mol. The molecule has 2 heterocycles. The van der Waals surface area contributed by atoms with Gasteiger partial charge >= 0.3 is 12.3 Å². The summed E-state index contributed by atoms with van der Waals surface area (Å²) in [6, 6.07) is 9.92. The number of piperidine rings is 1. The summed E-state index contributed by atoms with van der Waals surface area (Å²) in [7, 11) is -4.16. The van der Waals surface area contributed by atoms with Crippen molar-refractivity contribution in [2.75, 3.05) is 31.1 Å². The van der Waals surface area contributed by atoms with Crippen LogP contribution in [0.1, 0.15) is 41.6 Å². The molecule has 3 fully saturated rings. The van der Waals surface area contributed by atoms with Crippen molar-refractivity contribution in [1.29, 1.82) is 0 Å². The highest BCUT2D eigenvalue weighted by Crippen LogP contribution is 2.38. The predicted molar refractivity (Wildman–Crippen MR) is 128 cm³/mol. The molecule has 0 radical (unpaired) electrons. The molecule has 3 aliphatic rings. The normalized spacial score (nSPS) is 19.4. The van der Waals surface area contributed by atoms with Crippen LogP contribution in [-0.2, 0) is 20.9 Å². The first-order valence-electron chi connectivity index (χ1n) is 12.1. The van der Waals surface area contributed by atoms with Crippen molar-refractivity contribution >= 4 is 27.7 Å². The Balaban J connectivity index is 1.33. The molecule has 37 heavy (non-hydrogen) atoms. The van der Waals surface area contributed by atoms with Gasteiger partial charge in [-0.1, -0.05) is 18.2 Å². The second-order valence-electron chi connectivity index (χ2n) is 9.40. The average Bonchev–Trinajstić information content (AvgIpc) is 3.62. The summed E-state index contributed by atoms with van der Waals surface area (Å²) in [5.74, 6) is -0.271. The summed E-state index contributed by atoms with van der Waals surface area (Å²) >= 11 is 0. The molecule has 2 amide bonds. The molecule has 198 valence electrons. The smallest absolute Gasteiger partial charge is 0.416 e. The Morgan fingerprint density at radius 3 is 2.24 bits per heavy atom. The zero-order valence-corrected chi connectivity index (χ0v) is 20.7. The van der Waals surface area contributed by atoms with Crippen molar-refractivity contribution in [2.24, 2.45) is 0 Å². The standard InChI is InChI=1S/C25H26F3N3O5S/c26-25(27,28)17-4-3-5-20(16-17)37(34,35)31(18-8-9-18)19-10-12-29(13-11-19)23(32)21-6-1-2-7-22(21)30-14-15-36-24(30)33/h1-7,16,18-19H,8-15H2. The summed E-state index contributed by atoms with van der Waals surface area (Å²) in [4.78, 5) is 28.1. The first-order valence-corrected chi connectivity index (χ1v) is 13.5. The highest BCUT2D eigenvalue weighted by molar-refractivity contribution is 7.89. The van der Waals surface area contributed by atoms with Crippen LogP contribution in [0.25, 0.3) is 0 Å². The van der Waals surface area contributed by atoms with Gasteiger partial charge in [-0.3, -0.25) is 9.69 Å². The van der Waals surface area contributed by atoms with Crippen LogP contribution in [0.15, 0.2) is 53.4 Å². The van der Waals surface area contributed by atoms with Crippen molar-refractivity contribution < 1.29 is 35.9 Å². The summed E-state index contributed by atoms with van der Waals surface area (Å²) in [5.41, 5.74) is -0.190. The molecule has 2 aromatic rings. The molecule has 0 aromatic heterocycles. The Labute approximate surface area is 212 Å². The number of carbonyl (C=O) groups is 2. The van der Waals surface area contributed by atoms with E-state index in [0.717, 1.165) is 12.1 Å². The molecule has 1 saturated carbocycles. The van der Waals surface area contributed by atoms with Gasteiger partial charge in [-0.15, -0.1) is 0 Å². The van der Waals surface area contributed by atoms with Crippen LogP contribution in [0.5, 0.6) is 0 Å². The van der Waals surface area contributed by atoms with E-state index in [9.17, 15) is 31.2 Å². The maximum Gasteiger partial charge on any atom is 0.416 e. The van der Waals surface area contributed by atoms with E-state index in [1.165, 1.54) is 15.3 Å². The molecule has 2 saturated heterocycles. The first-order chi connectivity index (χ1) is 17.6. The van der Waals surface area contributed by atoms with Gasteiger partial charge in [-0.25, -0.2) is 13.2 Å². The number of para-hydroxylation sites is 1. The third-order valence-corrected chi connectivity index (χ3v) is 8.94. The van der Waals surface area contributed by atoms with Crippen molar-refractivity contribution in [3.8, 4) is 0 Å². The van der Waals surface area contributed by atoms with Crippen LogP contribution in [-0.4, -0.2) is 67.9 Å². The van der Waals surface area contributed by atoms with Gasteiger partial charge in [0, 0.05) is 25.2 Å². The molecule has 8 nitrogen and oxygen atoms in total. The number of cyclic esters (lactones) is 1. The zero-order chi connectivity index (χ0) is 26.4. The van der Waals surface area contributed by atoms with Crippen LogP contribution < -0.4 is 4.90 Å². The van der Waals surface area contributed by atoms with Gasteiger partial charge in [0.15, 0.2) is 0 Å². The van der Waals surface area contributed by atoms with Gasteiger partial charge in [0.2, 0.25) is 10.0 Å². The Morgan fingerprint density at radius 2 is 1.62 bits per heavy atom. The number of anilines is 1. The number of amides is 2. The molecule has 0 unspecified atom stereocenters. The summed E-state index contributed by atoms with van der Waals surface area (Å²) in [6.07, 6.45) is -3.15. The van der Waals surface area contributed by atoms with Gasteiger partial charge in [-0.2, -0.15) is 17.5 Å². The number of hydrogen-bond acceptors (Lipinski definition) is 5. The Bertz CT molecular complexity index is 1300. The topological polar surface area (TPSA) is 87.2 Å². The minimum Gasteiger partial charge on any atom is -0.447 e. The van der Waals surface area contributed by atoms with E-state index in [1.54, 1.807) is 29.2 Å². The van der Waals surface area contributed by atoms with Crippen LogP contribution >= 0.6 is 0 Å². The number of nitrogens with zero attached hydrogens (tertiary/aromatic N) is 3. The monoisotopic (exact) mass is 537 g/mol. The van der Waals surface area contributed by atoms with Gasteiger partial charge in [-0.05, 0) is 56.0 Å². The largest absolute Gasteiger partial charge is 0.447 e. The van der Waals surface area contributed by atoms with Gasteiger partial charge in [0.1, 0.15) is 6.61 Å². The molecule has 12 heteroatoms. The Kier molecular flexibility index (Phi) is 6.65. The van der Waals surface area contributed by atoms with Crippen molar-refractivity contribution in [3.63, 3.8) is 0 Å². The van der Waals surface area contributed by atoms with E-state index in [-0.39, 0.29) is 36.5 Å². The molecule has 1 aliphatic carbocycles. The second-order valence-corrected chi connectivity index (χ2v) is 11.2. The fourth-order valence-corrected chi connectivity index (χ4v) is 6.95. The lowest BCUT2D eigenvalue weighted by atomic mass is 10.0. The molecular weight excluding hydrogens is 511 g/mol. The Morgan fingerprint density at radius 1 is 0.946 bits per heavy atom. The minimum atomic E-state index is -4.65. The number of rotatable bonds is 6. The number of benzene rings is 2. The van der Waals surface area contributed by atoms with E-state index in [2.05, 4.69) is 0 Å². The van der Waals surface area contributed by atoms with Crippen LogP contribution in [0.4, 0.5) is 23.7 Å².